The molecular weight excluding hydrogens is 283 g/mol. The number of nitrogens with zero attached hydrogens (tertiary/aromatic N) is 1. The van der Waals surface area contributed by atoms with Gasteiger partial charge in [0.25, 0.3) is 0 Å². The number of nitrogens with two attached hydrogens (primary N) is 1. The zero-order valence-electron chi connectivity index (χ0n) is 9.81. The third-order valence-corrected chi connectivity index (χ3v) is 3.25. The van der Waals surface area contributed by atoms with Crippen molar-refractivity contribution in [2.24, 2.45) is 10.9 Å². The number of hydrazone groups is 1. The van der Waals surface area contributed by atoms with Crippen LogP contribution in [0.4, 0.5) is 0 Å². The lowest BCUT2D eigenvalue weighted by Crippen LogP contribution is -2.18. The molecule has 2 rings (SSSR count). The van der Waals surface area contributed by atoms with Gasteiger partial charge in [-0.15, -0.1) is 0 Å². The molecule has 3 nitrogen and oxygen atoms in total. The average molecular weight is 293 g/mol. The van der Waals surface area contributed by atoms with Gasteiger partial charge in [0.15, 0.2) is 0 Å². The Balaban J connectivity index is 2.48. The minimum absolute atomic E-state index is 0.0821. The normalized spacial score (nSPS) is 11.4. The third-order valence-electron chi connectivity index (χ3n) is 2.59. The predicted octanol–water partition coefficient (Wildman–Crippen LogP) is 3.54. The van der Waals surface area contributed by atoms with Crippen LogP contribution in [0, 0.1) is 0 Å². The number of halogens is 2. The SMILES string of the molecule is NN=C(C(=O)c1ccccc1Cl)c1ccccc1Cl. The van der Waals surface area contributed by atoms with Crippen LogP contribution in [0.25, 0.3) is 0 Å². The van der Waals surface area contributed by atoms with Crippen molar-refractivity contribution in [1.82, 2.24) is 0 Å². The Hall–Kier alpha value is -1.84. The monoisotopic (exact) mass is 292 g/mol. The average Bonchev–Trinajstić information content (AvgIpc) is 2.42. The number of hydrogen-bond donors (Lipinski definition) is 1. The summed E-state index contributed by atoms with van der Waals surface area (Å²) in [5, 5.41) is 4.32. The summed E-state index contributed by atoms with van der Waals surface area (Å²) in [6.45, 7) is 0. The number of carbonyl (C=O) groups excluding carboxylic acids is 1. The summed E-state index contributed by atoms with van der Waals surface area (Å²) in [4.78, 5) is 12.4. The highest BCUT2D eigenvalue weighted by Gasteiger charge is 2.20. The van der Waals surface area contributed by atoms with Crippen LogP contribution >= 0.6 is 23.2 Å². The smallest absolute Gasteiger partial charge is 0.215 e. The van der Waals surface area contributed by atoms with E-state index >= 15 is 0 Å². The maximum absolute atomic E-state index is 12.4. The molecule has 0 amide bonds. The maximum Gasteiger partial charge on any atom is 0.215 e. The van der Waals surface area contributed by atoms with Crippen molar-refractivity contribution < 1.29 is 4.79 Å². The maximum atomic E-state index is 12.4. The zero-order chi connectivity index (χ0) is 13.8. The summed E-state index contributed by atoms with van der Waals surface area (Å²) in [6.07, 6.45) is 0. The molecule has 0 saturated heterocycles. The first-order valence-electron chi connectivity index (χ1n) is 5.47. The highest BCUT2D eigenvalue weighted by atomic mass is 35.5. The zero-order valence-corrected chi connectivity index (χ0v) is 11.3. The molecule has 96 valence electrons. The van der Waals surface area contributed by atoms with Crippen molar-refractivity contribution >= 4 is 34.7 Å². The first kappa shape index (κ1) is 13.6. The van der Waals surface area contributed by atoms with E-state index in [4.69, 9.17) is 29.0 Å². The van der Waals surface area contributed by atoms with Gasteiger partial charge in [0.1, 0.15) is 5.71 Å². The van der Waals surface area contributed by atoms with Gasteiger partial charge in [-0.05, 0) is 18.2 Å². The standard InChI is InChI=1S/C14H10Cl2N2O/c15-11-7-3-1-5-9(11)13(18-17)14(19)10-6-2-4-8-12(10)16/h1-8H,17H2. The molecule has 0 aliphatic heterocycles. The van der Waals surface area contributed by atoms with Crippen LogP contribution in [-0.4, -0.2) is 11.5 Å². The van der Waals surface area contributed by atoms with Crippen molar-refractivity contribution in [1.29, 1.82) is 0 Å². The van der Waals surface area contributed by atoms with E-state index in [0.29, 0.717) is 21.2 Å². The summed E-state index contributed by atoms with van der Waals surface area (Å²) in [7, 11) is 0. The predicted molar refractivity (Wildman–Crippen MR) is 78.0 cm³/mol. The molecule has 0 unspecified atom stereocenters. The first-order valence-corrected chi connectivity index (χ1v) is 6.22. The van der Waals surface area contributed by atoms with E-state index in [1.807, 2.05) is 0 Å². The second kappa shape index (κ2) is 5.87. The fourth-order valence-corrected chi connectivity index (χ4v) is 2.12. The molecule has 0 saturated carbocycles. The summed E-state index contributed by atoms with van der Waals surface area (Å²) < 4.78 is 0. The largest absolute Gasteiger partial charge is 0.323 e. The van der Waals surface area contributed by atoms with Crippen LogP contribution in [0.1, 0.15) is 15.9 Å². The number of Topliss-reactive ketones (excluding diaryl/α,β-unsaturated/α-hetero) is 1. The van der Waals surface area contributed by atoms with Crippen LogP contribution < -0.4 is 5.84 Å². The molecule has 0 aliphatic rings. The van der Waals surface area contributed by atoms with Gasteiger partial charge in [0.05, 0.1) is 10.0 Å². The van der Waals surface area contributed by atoms with E-state index in [1.165, 1.54) is 0 Å². The molecule has 19 heavy (non-hydrogen) atoms. The van der Waals surface area contributed by atoms with Crippen LogP contribution in [0.2, 0.25) is 10.0 Å². The highest BCUT2D eigenvalue weighted by molar-refractivity contribution is 6.55. The molecule has 0 atom stereocenters. The molecule has 2 aromatic carbocycles. The minimum Gasteiger partial charge on any atom is -0.323 e. The van der Waals surface area contributed by atoms with Crippen molar-refractivity contribution in [3.05, 3.63) is 69.7 Å². The van der Waals surface area contributed by atoms with Crippen molar-refractivity contribution in [2.75, 3.05) is 0 Å². The first-order chi connectivity index (χ1) is 9.15. The Morgan fingerprint density at radius 1 is 0.895 bits per heavy atom. The summed E-state index contributed by atoms with van der Waals surface area (Å²) in [6, 6.07) is 13.6. The lowest BCUT2D eigenvalue weighted by molar-refractivity contribution is 0.106. The van der Waals surface area contributed by atoms with Crippen LogP contribution in [0.5, 0.6) is 0 Å². The number of ketones is 1. The van der Waals surface area contributed by atoms with Crippen LogP contribution in [0.15, 0.2) is 53.6 Å². The van der Waals surface area contributed by atoms with Gasteiger partial charge in [-0.3, -0.25) is 4.79 Å². The van der Waals surface area contributed by atoms with E-state index in [-0.39, 0.29) is 11.5 Å². The van der Waals surface area contributed by atoms with E-state index < -0.39 is 0 Å². The number of hydrogen-bond acceptors (Lipinski definition) is 3. The van der Waals surface area contributed by atoms with E-state index in [2.05, 4.69) is 5.10 Å². The quantitative estimate of drug-likeness (QED) is 0.407. The van der Waals surface area contributed by atoms with Gasteiger partial charge in [0.2, 0.25) is 5.78 Å². The van der Waals surface area contributed by atoms with E-state index in [9.17, 15) is 4.79 Å². The van der Waals surface area contributed by atoms with Crippen molar-refractivity contribution in [3.8, 4) is 0 Å². The Kier molecular flexibility index (Phi) is 4.20. The molecule has 2 N–H and O–H groups in total. The van der Waals surface area contributed by atoms with Gasteiger partial charge < -0.3 is 5.84 Å². The van der Waals surface area contributed by atoms with Crippen LogP contribution in [0.3, 0.4) is 0 Å². The van der Waals surface area contributed by atoms with E-state index in [1.54, 1.807) is 48.5 Å². The van der Waals surface area contributed by atoms with Crippen molar-refractivity contribution in [3.63, 3.8) is 0 Å². The van der Waals surface area contributed by atoms with Gasteiger partial charge in [-0.25, -0.2) is 0 Å². The fourth-order valence-electron chi connectivity index (χ4n) is 1.68. The molecule has 0 bridgehead atoms. The molecule has 0 aliphatic carbocycles. The lowest BCUT2D eigenvalue weighted by atomic mass is 10.0. The van der Waals surface area contributed by atoms with Crippen molar-refractivity contribution in [2.45, 2.75) is 0 Å². The lowest BCUT2D eigenvalue weighted by Gasteiger charge is -2.07. The topological polar surface area (TPSA) is 55.4 Å². The highest BCUT2D eigenvalue weighted by Crippen LogP contribution is 2.21. The summed E-state index contributed by atoms with van der Waals surface area (Å²) >= 11 is 12.0. The minimum atomic E-state index is -0.360. The summed E-state index contributed by atoms with van der Waals surface area (Å²) in [5.41, 5.74) is 0.906. The Morgan fingerprint density at radius 3 is 1.84 bits per heavy atom. The molecule has 0 fully saturated rings. The number of rotatable bonds is 3. The van der Waals surface area contributed by atoms with Gasteiger partial charge in [-0.1, -0.05) is 53.5 Å². The molecular formula is C14H10Cl2N2O. The second-order valence-electron chi connectivity index (χ2n) is 3.77. The molecule has 0 aromatic heterocycles. The summed E-state index contributed by atoms with van der Waals surface area (Å²) in [5.74, 6) is 4.97. The molecule has 0 radical (unpaired) electrons. The third kappa shape index (κ3) is 2.78. The Morgan fingerprint density at radius 2 is 1.37 bits per heavy atom. The molecule has 0 spiro atoms. The fraction of sp³-hybridized carbons (Fsp3) is 0. The van der Waals surface area contributed by atoms with Crippen LogP contribution in [-0.2, 0) is 0 Å². The molecule has 0 heterocycles. The Labute approximate surface area is 120 Å². The van der Waals surface area contributed by atoms with Gasteiger partial charge >= 0.3 is 0 Å². The Bertz CT molecular complexity index is 653. The molecule has 5 heteroatoms. The second-order valence-corrected chi connectivity index (χ2v) is 4.58. The van der Waals surface area contributed by atoms with Gasteiger partial charge in [0, 0.05) is 11.1 Å². The number of carbonyl (C=O) groups is 1. The van der Waals surface area contributed by atoms with E-state index in [0.717, 1.165) is 0 Å². The van der Waals surface area contributed by atoms with Gasteiger partial charge in [-0.2, -0.15) is 5.10 Å². The molecule has 2 aromatic rings. The number of benzene rings is 2.